The van der Waals surface area contributed by atoms with Crippen LogP contribution >= 0.6 is 35.2 Å². The third-order valence-electron chi connectivity index (χ3n) is 8.11. The van der Waals surface area contributed by atoms with Crippen LogP contribution in [0.2, 0.25) is 0 Å². The number of amides is 2. The molecule has 1 aliphatic heterocycles. The molecule has 2 aromatic rings. The molecule has 3 unspecified atom stereocenters. The van der Waals surface area contributed by atoms with Gasteiger partial charge in [0.25, 0.3) is 0 Å². The van der Waals surface area contributed by atoms with Crippen LogP contribution in [0.3, 0.4) is 0 Å². The first-order valence-corrected chi connectivity index (χ1v) is 22.5. The molecule has 2 amide bonds. The van der Waals surface area contributed by atoms with Crippen molar-refractivity contribution >= 4 is 80.9 Å². The van der Waals surface area contributed by atoms with Crippen molar-refractivity contribution in [3.05, 3.63) is 12.7 Å². The molecule has 1 fully saturated rings. The molecule has 332 valence electrons. The van der Waals surface area contributed by atoms with Crippen molar-refractivity contribution in [2.75, 3.05) is 37.8 Å². The number of aliphatic carboxylic acids is 1. The number of aliphatic hydroxyl groups excluding tert-OH is 2. The molecule has 31 heteroatoms. The van der Waals surface area contributed by atoms with Gasteiger partial charge in [0.05, 0.1) is 32.4 Å². The Hall–Kier alpha value is -3.30. The Balaban J connectivity index is 1.45. The molecular formula is C28H44N7O20P3S. The van der Waals surface area contributed by atoms with Crippen LogP contribution in [-0.2, 0) is 60.3 Å². The van der Waals surface area contributed by atoms with Crippen molar-refractivity contribution in [1.82, 2.24) is 30.2 Å². The molecule has 3 rings (SSSR count). The van der Waals surface area contributed by atoms with E-state index in [0.29, 0.717) is 0 Å². The van der Waals surface area contributed by atoms with Crippen LogP contribution in [0.15, 0.2) is 12.7 Å². The number of carbonyl (C=O) groups excluding carboxylic acids is 4. The van der Waals surface area contributed by atoms with E-state index in [2.05, 4.69) is 34.4 Å². The first kappa shape index (κ1) is 50.1. The molecule has 0 radical (unpaired) electrons. The zero-order valence-corrected chi connectivity index (χ0v) is 34.8. The number of imidazole rings is 1. The summed E-state index contributed by atoms with van der Waals surface area (Å²) in [5.41, 5.74) is 4.17. The first-order chi connectivity index (χ1) is 27.2. The number of carboxylic acid groups (broad SMARTS) is 1. The number of ketones is 1. The fourth-order valence-electron chi connectivity index (χ4n) is 5.04. The second-order valence-electron chi connectivity index (χ2n) is 13.4. The average Bonchev–Trinajstić information content (AvgIpc) is 3.67. The van der Waals surface area contributed by atoms with E-state index in [0.717, 1.165) is 29.0 Å². The summed E-state index contributed by atoms with van der Waals surface area (Å²) in [5, 5.41) is 34.4. The van der Waals surface area contributed by atoms with Gasteiger partial charge in [-0.1, -0.05) is 32.5 Å². The Bertz CT molecular complexity index is 2000. The molecule has 3 heterocycles. The highest BCUT2D eigenvalue weighted by atomic mass is 32.2. The molecule has 1 aliphatic rings. The average molecular weight is 924 g/mol. The quantitative estimate of drug-likeness (QED) is 0.0333. The van der Waals surface area contributed by atoms with Crippen molar-refractivity contribution in [3.8, 4) is 0 Å². The number of nitrogens with two attached hydrogens (primary N) is 1. The third kappa shape index (κ3) is 15.6. The maximum Gasteiger partial charge on any atom is 0.481 e. The number of rotatable bonds is 24. The van der Waals surface area contributed by atoms with Gasteiger partial charge in [-0.05, 0) is 0 Å². The second kappa shape index (κ2) is 21.0. The normalized spacial score (nSPS) is 21.6. The van der Waals surface area contributed by atoms with Crippen molar-refractivity contribution < 1.29 is 95.2 Å². The summed E-state index contributed by atoms with van der Waals surface area (Å²) in [6, 6.07) is 0. The molecule has 1 saturated heterocycles. The summed E-state index contributed by atoms with van der Waals surface area (Å²) in [6.07, 6.45) is -8.05. The van der Waals surface area contributed by atoms with Crippen LogP contribution in [0, 0.1) is 11.3 Å². The lowest BCUT2D eigenvalue weighted by Crippen LogP contribution is -2.46. The highest BCUT2D eigenvalue weighted by Gasteiger charge is 2.50. The summed E-state index contributed by atoms with van der Waals surface area (Å²) in [7, 11) is -16.5. The van der Waals surface area contributed by atoms with Gasteiger partial charge in [0.15, 0.2) is 22.8 Å². The van der Waals surface area contributed by atoms with E-state index in [1.807, 2.05) is 0 Å². The van der Waals surface area contributed by atoms with Crippen LogP contribution < -0.4 is 16.4 Å². The monoisotopic (exact) mass is 923 g/mol. The summed E-state index contributed by atoms with van der Waals surface area (Å²) in [5.74, 6) is -4.06. The minimum atomic E-state index is -5.60. The molecule has 27 nitrogen and oxygen atoms in total. The number of fused-ring (bicyclic) bond motifs is 1. The molecule has 0 aromatic carbocycles. The largest absolute Gasteiger partial charge is 0.481 e. The van der Waals surface area contributed by atoms with Gasteiger partial charge < -0.3 is 56.0 Å². The Labute approximate surface area is 338 Å². The summed E-state index contributed by atoms with van der Waals surface area (Å²) in [6.45, 7) is 1.47. The lowest BCUT2D eigenvalue weighted by atomic mass is 9.87. The zero-order valence-electron chi connectivity index (χ0n) is 31.3. The second-order valence-corrected chi connectivity index (χ2v) is 18.8. The number of ether oxygens (including phenoxy) is 1. The lowest BCUT2D eigenvalue weighted by Gasteiger charge is -2.30. The number of carbonyl (C=O) groups is 5. The number of nitrogens with zero attached hydrogens (tertiary/aromatic N) is 4. The number of hydrogen-bond acceptors (Lipinski definition) is 20. The number of carboxylic acids is 1. The van der Waals surface area contributed by atoms with Crippen LogP contribution in [0.5, 0.6) is 0 Å². The number of Topliss-reactive ketones (excluding diaryl/α,β-unsaturated/α-hetero) is 1. The van der Waals surface area contributed by atoms with Crippen molar-refractivity contribution in [2.24, 2.45) is 11.3 Å². The smallest absolute Gasteiger partial charge is 0.481 e. The van der Waals surface area contributed by atoms with Crippen LogP contribution in [-0.4, -0.2) is 140 Å². The number of aromatic nitrogens is 4. The Morgan fingerprint density at radius 2 is 1.69 bits per heavy atom. The van der Waals surface area contributed by atoms with Gasteiger partial charge >= 0.3 is 29.4 Å². The van der Waals surface area contributed by atoms with Gasteiger partial charge in [-0.2, -0.15) is 4.31 Å². The number of anilines is 1. The Morgan fingerprint density at radius 1 is 1.03 bits per heavy atom. The summed E-state index contributed by atoms with van der Waals surface area (Å²) in [4.78, 5) is 110. The number of nitrogens with one attached hydrogen (secondary N) is 2. The summed E-state index contributed by atoms with van der Waals surface area (Å²) >= 11 is 0.767. The molecule has 0 saturated carbocycles. The zero-order chi connectivity index (χ0) is 44.5. The number of phosphoric ester groups is 3. The minimum Gasteiger partial charge on any atom is -0.481 e. The van der Waals surface area contributed by atoms with Gasteiger partial charge in [0, 0.05) is 36.6 Å². The fraction of sp³-hybridized carbons (Fsp3) is 0.643. The SMILES string of the molecule is CC(CC(=O)O)C(=O)CC(=O)SCCNC(=O)CCNC(=O)[C@H](O)C(C)(C)COP(=O)(O)OP(=O)(O)OC[C@H]1O[C@@H](n2cnc3c(N)ncnc32)[C@H](O)[C@@H]1OP(=O)(O)O. The van der Waals surface area contributed by atoms with E-state index in [1.54, 1.807) is 0 Å². The molecule has 8 atom stereocenters. The number of hydrogen-bond donors (Lipinski definition) is 10. The highest BCUT2D eigenvalue weighted by molar-refractivity contribution is 8.13. The lowest BCUT2D eigenvalue weighted by molar-refractivity contribution is -0.140. The van der Waals surface area contributed by atoms with Crippen LogP contribution in [0.25, 0.3) is 11.2 Å². The van der Waals surface area contributed by atoms with Crippen LogP contribution in [0.4, 0.5) is 5.82 Å². The summed E-state index contributed by atoms with van der Waals surface area (Å²) < 4.78 is 62.0. The van der Waals surface area contributed by atoms with E-state index in [4.69, 9.17) is 24.6 Å². The third-order valence-corrected chi connectivity index (χ3v) is 12.1. The van der Waals surface area contributed by atoms with E-state index >= 15 is 0 Å². The molecule has 0 spiro atoms. The topological polar surface area (TPSA) is 418 Å². The predicted molar refractivity (Wildman–Crippen MR) is 198 cm³/mol. The maximum absolute atomic E-state index is 12.7. The van der Waals surface area contributed by atoms with E-state index < -0.39 is 120 Å². The number of nitrogen functional groups attached to an aromatic ring is 1. The number of thioether (sulfide) groups is 1. The van der Waals surface area contributed by atoms with Crippen LogP contribution in [0.1, 0.15) is 46.3 Å². The van der Waals surface area contributed by atoms with E-state index in [9.17, 15) is 67.5 Å². The molecule has 0 bridgehead atoms. The van der Waals surface area contributed by atoms with Crippen molar-refractivity contribution in [2.45, 2.75) is 70.7 Å². The fourth-order valence-corrected chi connectivity index (χ4v) is 8.54. The van der Waals surface area contributed by atoms with Gasteiger partial charge in [0.2, 0.25) is 11.8 Å². The standard InChI is InChI=1S/C28H44N7O20P3S/c1-14(8-18(38)39)15(36)9-19(40)59-7-6-30-17(37)4-5-31-26(43)23(42)28(2,3)11-52-58(49,50)55-57(47,48)51-10-16-22(54-56(44,45)46)21(41)27(53-16)35-13-34-20-24(29)32-12-33-25(20)35/h12-14,16,21-23,27,41-42H,4-11H2,1-3H3,(H,30,37)(H,31,43)(H,38,39)(H,47,48)(H,49,50)(H2,29,32,33)(H2,44,45,46)/t14?,16-,21-,22-,23+,27-/m1/s1. The molecule has 11 N–H and O–H groups in total. The van der Waals surface area contributed by atoms with Gasteiger partial charge in [-0.25, -0.2) is 28.6 Å². The van der Waals surface area contributed by atoms with E-state index in [-0.39, 0.29) is 42.2 Å². The molecule has 59 heavy (non-hydrogen) atoms. The molecular weight excluding hydrogens is 879 g/mol. The first-order valence-electron chi connectivity index (χ1n) is 17.0. The highest BCUT2D eigenvalue weighted by Crippen LogP contribution is 2.61. The van der Waals surface area contributed by atoms with Gasteiger partial charge in [-0.3, -0.25) is 42.1 Å². The van der Waals surface area contributed by atoms with Crippen molar-refractivity contribution in [1.29, 1.82) is 0 Å². The number of aliphatic hydroxyl groups is 2. The van der Waals surface area contributed by atoms with E-state index in [1.165, 1.54) is 20.8 Å². The Kier molecular flexibility index (Phi) is 17.8. The van der Waals surface area contributed by atoms with Gasteiger partial charge in [-0.15, -0.1) is 0 Å². The van der Waals surface area contributed by atoms with Crippen molar-refractivity contribution in [3.63, 3.8) is 0 Å². The molecule has 0 aliphatic carbocycles. The number of phosphoric acid groups is 3. The maximum atomic E-state index is 12.7. The Morgan fingerprint density at radius 3 is 2.34 bits per heavy atom. The van der Waals surface area contributed by atoms with Gasteiger partial charge in [0.1, 0.15) is 42.0 Å². The predicted octanol–water partition coefficient (Wildman–Crippen LogP) is -1.27. The molecule has 2 aromatic heterocycles. The minimum absolute atomic E-state index is 0.0140.